The summed E-state index contributed by atoms with van der Waals surface area (Å²) in [6.07, 6.45) is 2.38. The van der Waals surface area contributed by atoms with Gasteiger partial charge in [0.15, 0.2) is 5.58 Å². The number of aromatic nitrogens is 1. The summed E-state index contributed by atoms with van der Waals surface area (Å²) in [4.78, 5) is 2.30. The van der Waals surface area contributed by atoms with Crippen molar-refractivity contribution in [2.24, 2.45) is 0 Å². The van der Waals surface area contributed by atoms with E-state index in [2.05, 4.69) is 10.1 Å². The second-order valence-corrected chi connectivity index (χ2v) is 5.96. The van der Waals surface area contributed by atoms with E-state index >= 15 is 0 Å². The molecule has 1 aliphatic heterocycles. The largest absolute Gasteiger partial charge is 0.507 e. The quantitative estimate of drug-likeness (QED) is 0.796. The maximum absolute atomic E-state index is 13.1. The van der Waals surface area contributed by atoms with Crippen molar-refractivity contribution in [3.63, 3.8) is 0 Å². The van der Waals surface area contributed by atoms with E-state index in [0.29, 0.717) is 17.8 Å². The van der Waals surface area contributed by atoms with Crippen LogP contribution in [0.5, 0.6) is 5.75 Å². The van der Waals surface area contributed by atoms with E-state index in [1.54, 1.807) is 24.3 Å². The summed E-state index contributed by atoms with van der Waals surface area (Å²) in [6, 6.07) is 9.65. The molecule has 0 saturated carbocycles. The zero-order valence-corrected chi connectivity index (χ0v) is 12.6. The maximum Gasteiger partial charge on any atom is 0.175 e. The molecule has 2 aromatic carbocycles. The Labute approximate surface area is 133 Å². The van der Waals surface area contributed by atoms with Gasteiger partial charge in [0.25, 0.3) is 0 Å². The molecular formula is C18H17FN2O2. The molecule has 4 nitrogen and oxygen atoms in total. The van der Waals surface area contributed by atoms with Crippen LogP contribution in [0.2, 0.25) is 0 Å². The summed E-state index contributed by atoms with van der Waals surface area (Å²) >= 11 is 0. The second-order valence-electron chi connectivity index (χ2n) is 5.96. The minimum absolute atomic E-state index is 0.228. The number of phenols is 1. The molecule has 0 aliphatic carbocycles. The summed E-state index contributed by atoms with van der Waals surface area (Å²) in [5.74, 6) is -0.0554. The number of hydrogen-bond acceptors (Lipinski definition) is 4. The standard InChI is InChI=1S/C18H17FN2O2/c19-13-5-3-12(4-6-13)17-14-7-8-16(22)15(18(14)23-20-17)11-21-9-1-2-10-21/h3-8,22H,1-2,9-11H2. The molecule has 0 bridgehead atoms. The molecule has 5 heteroatoms. The molecule has 0 atom stereocenters. The third-order valence-electron chi connectivity index (χ3n) is 4.42. The number of hydrogen-bond donors (Lipinski definition) is 1. The lowest BCUT2D eigenvalue weighted by atomic mass is 10.0. The number of aromatic hydroxyl groups is 1. The van der Waals surface area contributed by atoms with Crippen LogP contribution in [0.3, 0.4) is 0 Å². The molecule has 1 N–H and O–H groups in total. The van der Waals surface area contributed by atoms with E-state index < -0.39 is 0 Å². The molecule has 1 aromatic heterocycles. The van der Waals surface area contributed by atoms with E-state index in [4.69, 9.17) is 4.52 Å². The van der Waals surface area contributed by atoms with Gasteiger partial charge in [0.05, 0.1) is 10.9 Å². The zero-order chi connectivity index (χ0) is 15.8. The van der Waals surface area contributed by atoms with Crippen molar-refractivity contribution in [2.45, 2.75) is 19.4 Å². The Kier molecular flexibility index (Phi) is 3.50. The molecule has 0 radical (unpaired) electrons. The van der Waals surface area contributed by atoms with Crippen LogP contribution >= 0.6 is 0 Å². The van der Waals surface area contributed by atoms with Gasteiger partial charge in [-0.3, -0.25) is 4.90 Å². The Morgan fingerprint density at radius 3 is 2.57 bits per heavy atom. The number of likely N-dealkylation sites (tertiary alicyclic amines) is 1. The van der Waals surface area contributed by atoms with Crippen molar-refractivity contribution in [2.75, 3.05) is 13.1 Å². The van der Waals surface area contributed by atoms with E-state index in [9.17, 15) is 9.50 Å². The van der Waals surface area contributed by atoms with Crippen LogP contribution in [0.15, 0.2) is 40.9 Å². The van der Waals surface area contributed by atoms with Gasteiger partial charge >= 0.3 is 0 Å². The number of benzene rings is 2. The van der Waals surface area contributed by atoms with E-state index in [1.165, 1.54) is 25.0 Å². The summed E-state index contributed by atoms with van der Waals surface area (Å²) < 4.78 is 18.6. The van der Waals surface area contributed by atoms with Crippen molar-refractivity contribution < 1.29 is 14.0 Å². The SMILES string of the molecule is Oc1ccc2c(-c3ccc(F)cc3)noc2c1CN1CCCC1. The van der Waals surface area contributed by atoms with E-state index in [1.807, 2.05) is 0 Å². The highest BCUT2D eigenvalue weighted by Crippen LogP contribution is 2.35. The number of phenolic OH excluding ortho intramolecular Hbond substituents is 1. The number of nitrogens with zero attached hydrogens (tertiary/aromatic N) is 2. The van der Waals surface area contributed by atoms with Crippen LogP contribution < -0.4 is 0 Å². The molecule has 4 rings (SSSR count). The van der Waals surface area contributed by atoms with Crippen LogP contribution in [0.25, 0.3) is 22.2 Å². The highest BCUT2D eigenvalue weighted by atomic mass is 19.1. The third kappa shape index (κ3) is 2.57. The Morgan fingerprint density at radius 2 is 1.83 bits per heavy atom. The third-order valence-corrected chi connectivity index (χ3v) is 4.42. The summed E-state index contributed by atoms with van der Waals surface area (Å²) in [5, 5.41) is 15.2. The van der Waals surface area contributed by atoms with Gasteiger partial charge in [-0.2, -0.15) is 0 Å². The molecule has 23 heavy (non-hydrogen) atoms. The molecular weight excluding hydrogens is 295 g/mol. The van der Waals surface area contributed by atoms with Crippen molar-refractivity contribution >= 4 is 11.0 Å². The van der Waals surface area contributed by atoms with Gasteiger partial charge in [0, 0.05) is 12.1 Å². The molecule has 1 saturated heterocycles. The minimum atomic E-state index is -0.283. The first-order valence-corrected chi connectivity index (χ1v) is 7.81. The fraction of sp³-hybridized carbons (Fsp3) is 0.278. The average Bonchev–Trinajstić information content (AvgIpc) is 3.20. The molecule has 1 fully saturated rings. The molecule has 0 unspecified atom stereocenters. The van der Waals surface area contributed by atoms with Gasteiger partial charge in [-0.05, 0) is 62.3 Å². The normalized spacial score (nSPS) is 15.5. The Morgan fingerprint density at radius 1 is 1.09 bits per heavy atom. The first-order valence-electron chi connectivity index (χ1n) is 7.81. The van der Waals surface area contributed by atoms with Gasteiger partial charge in [-0.25, -0.2) is 4.39 Å². The monoisotopic (exact) mass is 312 g/mol. The fourth-order valence-electron chi connectivity index (χ4n) is 3.18. The molecule has 118 valence electrons. The van der Waals surface area contributed by atoms with Crippen LogP contribution in [-0.4, -0.2) is 28.3 Å². The highest BCUT2D eigenvalue weighted by Gasteiger charge is 2.20. The first kappa shape index (κ1) is 14.2. The van der Waals surface area contributed by atoms with Crippen molar-refractivity contribution in [3.05, 3.63) is 47.8 Å². The Bertz CT molecular complexity index is 836. The molecule has 0 amide bonds. The van der Waals surface area contributed by atoms with Crippen LogP contribution in [0.1, 0.15) is 18.4 Å². The lowest BCUT2D eigenvalue weighted by molar-refractivity contribution is 0.322. The Hall–Kier alpha value is -2.40. The predicted molar refractivity (Wildman–Crippen MR) is 85.6 cm³/mol. The second kappa shape index (κ2) is 5.66. The van der Waals surface area contributed by atoms with Crippen molar-refractivity contribution in [3.8, 4) is 17.0 Å². The average molecular weight is 312 g/mol. The smallest absolute Gasteiger partial charge is 0.175 e. The molecule has 2 heterocycles. The molecule has 3 aromatic rings. The van der Waals surface area contributed by atoms with Crippen LogP contribution in [-0.2, 0) is 6.54 Å². The molecule has 1 aliphatic rings. The highest BCUT2D eigenvalue weighted by molar-refractivity contribution is 5.94. The van der Waals surface area contributed by atoms with E-state index in [-0.39, 0.29) is 11.6 Å². The minimum Gasteiger partial charge on any atom is -0.507 e. The van der Waals surface area contributed by atoms with Gasteiger partial charge in [0.1, 0.15) is 17.3 Å². The topological polar surface area (TPSA) is 49.5 Å². The number of rotatable bonds is 3. The number of halogens is 1. The van der Waals surface area contributed by atoms with E-state index in [0.717, 1.165) is 29.6 Å². The summed E-state index contributed by atoms with van der Waals surface area (Å²) in [5.41, 5.74) is 2.84. The van der Waals surface area contributed by atoms with Gasteiger partial charge in [-0.1, -0.05) is 5.16 Å². The van der Waals surface area contributed by atoms with Gasteiger partial charge in [0.2, 0.25) is 0 Å². The lowest BCUT2D eigenvalue weighted by Crippen LogP contribution is -2.18. The molecule has 0 spiro atoms. The maximum atomic E-state index is 13.1. The van der Waals surface area contributed by atoms with Gasteiger partial charge < -0.3 is 9.63 Å². The van der Waals surface area contributed by atoms with Crippen LogP contribution in [0, 0.1) is 5.82 Å². The first-order chi connectivity index (χ1) is 11.2. The van der Waals surface area contributed by atoms with Gasteiger partial charge in [-0.15, -0.1) is 0 Å². The summed E-state index contributed by atoms with van der Waals surface area (Å²) in [6.45, 7) is 2.73. The zero-order valence-electron chi connectivity index (χ0n) is 12.6. The van der Waals surface area contributed by atoms with Crippen LogP contribution in [0.4, 0.5) is 4.39 Å². The lowest BCUT2D eigenvalue weighted by Gasteiger charge is -2.15. The predicted octanol–water partition coefficient (Wildman–Crippen LogP) is 3.94. The van der Waals surface area contributed by atoms with Crippen molar-refractivity contribution in [1.29, 1.82) is 0 Å². The summed E-state index contributed by atoms with van der Waals surface area (Å²) in [7, 11) is 0. The number of fused-ring (bicyclic) bond motifs is 1. The fourth-order valence-corrected chi connectivity index (χ4v) is 3.18. The Balaban J connectivity index is 1.79. The van der Waals surface area contributed by atoms with Crippen molar-refractivity contribution in [1.82, 2.24) is 10.1 Å².